The van der Waals surface area contributed by atoms with Crippen molar-refractivity contribution in [1.29, 1.82) is 0 Å². The third-order valence-electron chi connectivity index (χ3n) is 5.28. The van der Waals surface area contributed by atoms with Crippen molar-refractivity contribution in [3.8, 4) is 5.88 Å². The van der Waals surface area contributed by atoms with Crippen LogP contribution >= 0.6 is 0 Å². The highest BCUT2D eigenvalue weighted by Crippen LogP contribution is 2.34. The smallest absolute Gasteiger partial charge is 0.259 e. The number of hydrogen-bond donors (Lipinski definition) is 0. The van der Waals surface area contributed by atoms with Crippen LogP contribution in [-0.2, 0) is 19.9 Å². The van der Waals surface area contributed by atoms with E-state index in [1.165, 1.54) is 5.56 Å². The van der Waals surface area contributed by atoms with E-state index in [-0.39, 0.29) is 11.9 Å². The molecule has 2 aliphatic rings. The first kappa shape index (κ1) is 16.1. The van der Waals surface area contributed by atoms with Crippen molar-refractivity contribution in [2.24, 2.45) is 7.05 Å². The third kappa shape index (κ3) is 2.90. The van der Waals surface area contributed by atoms with Gasteiger partial charge in [0.05, 0.1) is 18.8 Å². The molecule has 0 spiro atoms. The zero-order valence-corrected chi connectivity index (χ0v) is 14.9. The summed E-state index contributed by atoms with van der Waals surface area (Å²) in [5, 5.41) is 4.54. The summed E-state index contributed by atoms with van der Waals surface area (Å²) < 4.78 is 7.25. The van der Waals surface area contributed by atoms with E-state index in [9.17, 15) is 4.79 Å². The van der Waals surface area contributed by atoms with Gasteiger partial charge in [-0.15, -0.1) is 0 Å². The number of rotatable bonds is 3. The number of nitrogens with zero attached hydrogens (tertiary/aromatic N) is 4. The predicted octanol–water partition coefficient (Wildman–Crippen LogP) is 2.68. The minimum absolute atomic E-state index is 0.00871. The van der Waals surface area contributed by atoms with E-state index in [2.05, 4.69) is 10.1 Å². The fraction of sp³-hybridized carbons (Fsp3) is 0.526. The zero-order valence-electron chi connectivity index (χ0n) is 14.9. The average Bonchev–Trinajstić information content (AvgIpc) is 3.28. The van der Waals surface area contributed by atoms with Crippen molar-refractivity contribution in [2.75, 3.05) is 13.7 Å². The quantitative estimate of drug-likeness (QED) is 0.862. The van der Waals surface area contributed by atoms with E-state index in [0.717, 1.165) is 56.5 Å². The maximum atomic E-state index is 13.3. The molecule has 0 aromatic carbocycles. The van der Waals surface area contributed by atoms with Crippen molar-refractivity contribution in [3.63, 3.8) is 0 Å². The van der Waals surface area contributed by atoms with Crippen LogP contribution in [0.1, 0.15) is 59.0 Å². The molecule has 6 heteroatoms. The summed E-state index contributed by atoms with van der Waals surface area (Å²) in [4.78, 5) is 19.9. The van der Waals surface area contributed by atoms with Crippen LogP contribution in [0, 0.1) is 0 Å². The van der Waals surface area contributed by atoms with Crippen molar-refractivity contribution in [1.82, 2.24) is 19.7 Å². The normalized spacial score (nSPS) is 19.8. The SMILES string of the molecule is COc1nc2c(cc1C(=O)N1CCCCC1c1ccn(C)n1)CCC2. The number of methoxy groups -OCH3 is 1. The first-order valence-electron chi connectivity index (χ1n) is 9.04. The van der Waals surface area contributed by atoms with E-state index >= 15 is 0 Å². The molecule has 0 N–H and O–H groups in total. The molecule has 1 aliphatic carbocycles. The van der Waals surface area contributed by atoms with E-state index in [0.29, 0.717) is 11.4 Å². The van der Waals surface area contributed by atoms with Crippen molar-refractivity contribution in [2.45, 2.75) is 44.6 Å². The Kier molecular flexibility index (Phi) is 4.19. The maximum Gasteiger partial charge on any atom is 0.259 e. The summed E-state index contributed by atoms with van der Waals surface area (Å²) in [6.07, 6.45) is 8.09. The number of amides is 1. The summed E-state index contributed by atoms with van der Waals surface area (Å²) in [7, 11) is 3.50. The Balaban J connectivity index is 1.69. The van der Waals surface area contributed by atoms with Gasteiger partial charge in [0.2, 0.25) is 5.88 Å². The molecule has 25 heavy (non-hydrogen) atoms. The number of fused-ring (bicyclic) bond motifs is 1. The summed E-state index contributed by atoms with van der Waals surface area (Å²) >= 11 is 0. The van der Waals surface area contributed by atoms with Gasteiger partial charge in [0.15, 0.2) is 0 Å². The molecule has 1 unspecified atom stereocenters. The number of ether oxygens (including phenoxy) is 1. The molecule has 6 nitrogen and oxygen atoms in total. The standard InChI is InChI=1S/C19H24N4O2/c1-22-11-9-16(21-22)17-8-3-4-10-23(17)19(24)14-12-13-6-5-7-15(13)20-18(14)25-2/h9,11-12,17H,3-8,10H2,1-2H3. The summed E-state index contributed by atoms with van der Waals surface area (Å²) in [6, 6.07) is 4.04. The van der Waals surface area contributed by atoms with Crippen molar-refractivity contribution in [3.05, 3.63) is 40.8 Å². The maximum absolute atomic E-state index is 13.3. The number of carbonyl (C=O) groups is 1. The molecule has 0 radical (unpaired) electrons. The van der Waals surface area contributed by atoms with Gasteiger partial charge in [-0.3, -0.25) is 9.48 Å². The van der Waals surface area contributed by atoms with Gasteiger partial charge < -0.3 is 9.64 Å². The molecule has 3 heterocycles. The number of pyridine rings is 1. The second-order valence-corrected chi connectivity index (χ2v) is 6.93. The highest BCUT2D eigenvalue weighted by atomic mass is 16.5. The minimum Gasteiger partial charge on any atom is -0.480 e. The predicted molar refractivity (Wildman–Crippen MR) is 93.7 cm³/mol. The lowest BCUT2D eigenvalue weighted by atomic mass is 9.98. The average molecular weight is 340 g/mol. The van der Waals surface area contributed by atoms with Gasteiger partial charge in [0.1, 0.15) is 5.56 Å². The van der Waals surface area contributed by atoms with E-state index < -0.39 is 0 Å². The molecule has 0 bridgehead atoms. The van der Waals surface area contributed by atoms with Gasteiger partial charge in [-0.25, -0.2) is 4.98 Å². The first-order valence-corrected chi connectivity index (χ1v) is 9.04. The molecule has 0 saturated carbocycles. The lowest BCUT2D eigenvalue weighted by molar-refractivity contribution is 0.0601. The van der Waals surface area contributed by atoms with E-state index in [1.54, 1.807) is 11.8 Å². The monoisotopic (exact) mass is 340 g/mol. The van der Waals surface area contributed by atoms with Gasteiger partial charge in [0.25, 0.3) is 5.91 Å². The van der Waals surface area contributed by atoms with Gasteiger partial charge in [0, 0.05) is 25.5 Å². The molecule has 1 amide bonds. The van der Waals surface area contributed by atoms with Crippen LogP contribution in [0.5, 0.6) is 5.88 Å². The Morgan fingerprint density at radius 2 is 2.16 bits per heavy atom. The second kappa shape index (κ2) is 6.50. The molecule has 4 rings (SSSR count). The molecule has 132 valence electrons. The molecule has 1 saturated heterocycles. The molecule has 1 atom stereocenters. The number of piperidine rings is 1. The van der Waals surface area contributed by atoms with Crippen LogP contribution in [0.15, 0.2) is 18.3 Å². The Morgan fingerprint density at radius 1 is 1.28 bits per heavy atom. The number of carbonyl (C=O) groups excluding carboxylic acids is 1. The fourth-order valence-electron chi connectivity index (χ4n) is 4.01. The summed E-state index contributed by atoms with van der Waals surface area (Å²) in [5.74, 6) is 0.463. The molecule has 1 aliphatic heterocycles. The zero-order chi connectivity index (χ0) is 17.4. The van der Waals surface area contributed by atoms with Crippen molar-refractivity contribution < 1.29 is 9.53 Å². The number of aromatic nitrogens is 3. The van der Waals surface area contributed by atoms with Gasteiger partial charge >= 0.3 is 0 Å². The number of hydrogen-bond acceptors (Lipinski definition) is 4. The fourth-order valence-corrected chi connectivity index (χ4v) is 4.01. The van der Waals surface area contributed by atoms with Gasteiger partial charge in [-0.1, -0.05) is 0 Å². The number of aryl methyl sites for hydroxylation is 3. The Morgan fingerprint density at radius 3 is 2.92 bits per heavy atom. The molecular formula is C19H24N4O2. The molecular weight excluding hydrogens is 316 g/mol. The van der Waals surface area contributed by atoms with Crippen LogP contribution in [0.25, 0.3) is 0 Å². The van der Waals surface area contributed by atoms with Gasteiger partial charge in [-0.2, -0.15) is 5.10 Å². The highest BCUT2D eigenvalue weighted by molar-refractivity contribution is 5.97. The minimum atomic E-state index is 0.00871. The topological polar surface area (TPSA) is 60.2 Å². The first-order chi connectivity index (χ1) is 12.2. The third-order valence-corrected chi connectivity index (χ3v) is 5.28. The molecule has 2 aromatic heterocycles. The number of likely N-dealkylation sites (tertiary alicyclic amines) is 1. The van der Waals surface area contributed by atoms with Crippen molar-refractivity contribution >= 4 is 5.91 Å². The lowest BCUT2D eigenvalue weighted by Gasteiger charge is -2.35. The Labute approximate surface area is 147 Å². The lowest BCUT2D eigenvalue weighted by Crippen LogP contribution is -2.39. The van der Waals surface area contributed by atoms with Crippen LogP contribution < -0.4 is 4.74 Å². The Hall–Kier alpha value is -2.37. The summed E-state index contributed by atoms with van der Waals surface area (Å²) in [6.45, 7) is 0.750. The molecule has 2 aromatic rings. The van der Waals surface area contributed by atoms with Gasteiger partial charge in [-0.05, 0) is 56.2 Å². The largest absolute Gasteiger partial charge is 0.480 e. The Bertz CT molecular complexity index is 799. The summed E-state index contributed by atoms with van der Waals surface area (Å²) in [5.41, 5.74) is 3.82. The molecule has 1 fully saturated rings. The second-order valence-electron chi connectivity index (χ2n) is 6.93. The van der Waals surface area contributed by atoms with Crippen LogP contribution in [0.4, 0.5) is 0 Å². The van der Waals surface area contributed by atoms with Crippen LogP contribution in [0.3, 0.4) is 0 Å². The van der Waals surface area contributed by atoms with Crippen LogP contribution in [-0.4, -0.2) is 39.2 Å². The highest BCUT2D eigenvalue weighted by Gasteiger charge is 2.32. The van der Waals surface area contributed by atoms with E-state index in [4.69, 9.17) is 4.74 Å². The van der Waals surface area contributed by atoms with E-state index in [1.807, 2.05) is 30.3 Å². The van der Waals surface area contributed by atoms with Crippen LogP contribution in [0.2, 0.25) is 0 Å².